The van der Waals surface area contributed by atoms with Gasteiger partial charge in [0.25, 0.3) is 0 Å². The Morgan fingerprint density at radius 1 is 1.12 bits per heavy atom. The zero-order chi connectivity index (χ0) is 17.7. The molecular formula is C19H25NO4. The maximum Gasteiger partial charge on any atom is 0.307 e. The van der Waals surface area contributed by atoms with E-state index in [0.29, 0.717) is 12.8 Å². The van der Waals surface area contributed by atoms with Gasteiger partial charge in [-0.2, -0.15) is 0 Å². The SMILES string of the molecule is CC(C)Oc1ccccc1C(C)NC(=O)C1CC=CCC1C(=O)O. The minimum absolute atomic E-state index is 0.0360. The fraction of sp³-hybridized carbons (Fsp3) is 0.474. The Morgan fingerprint density at radius 3 is 2.38 bits per heavy atom. The third kappa shape index (κ3) is 4.37. The molecule has 1 aliphatic rings. The molecule has 5 nitrogen and oxygen atoms in total. The van der Waals surface area contributed by atoms with Gasteiger partial charge >= 0.3 is 5.97 Å². The van der Waals surface area contributed by atoms with Crippen molar-refractivity contribution in [2.75, 3.05) is 0 Å². The summed E-state index contributed by atoms with van der Waals surface area (Å²) in [6.45, 7) is 5.78. The third-order valence-electron chi connectivity index (χ3n) is 4.19. The number of benzene rings is 1. The van der Waals surface area contributed by atoms with Crippen molar-refractivity contribution in [2.45, 2.75) is 45.8 Å². The van der Waals surface area contributed by atoms with Crippen LogP contribution in [-0.4, -0.2) is 23.1 Å². The van der Waals surface area contributed by atoms with Gasteiger partial charge in [0.2, 0.25) is 5.91 Å². The number of carboxylic acids is 1. The lowest BCUT2D eigenvalue weighted by Crippen LogP contribution is -2.39. The highest BCUT2D eigenvalue weighted by molar-refractivity contribution is 5.85. The van der Waals surface area contributed by atoms with Crippen molar-refractivity contribution in [1.29, 1.82) is 0 Å². The van der Waals surface area contributed by atoms with Crippen LogP contribution >= 0.6 is 0 Å². The molecule has 0 bridgehead atoms. The lowest BCUT2D eigenvalue weighted by atomic mass is 9.82. The Hall–Kier alpha value is -2.30. The van der Waals surface area contributed by atoms with Gasteiger partial charge in [0, 0.05) is 5.56 Å². The van der Waals surface area contributed by atoms with Crippen molar-refractivity contribution < 1.29 is 19.4 Å². The monoisotopic (exact) mass is 331 g/mol. The quantitative estimate of drug-likeness (QED) is 0.784. The number of ether oxygens (including phenoxy) is 1. The number of amides is 1. The molecule has 2 N–H and O–H groups in total. The first kappa shape index (κ1) is 18.0. The molecule has 3 atom stereocenters. The summed E-state index contributed by atoms with van der Waals surface area (Å²) >= 11 is 0. The van der Waals surface area contributed by atoms with Crippen molar-refractivity contribution in [3.05, 3.63) is 42.0 Å². The summed E-state index contributed by atoms with van der Waals surface area (Å²) in [7, 11) is 0. The molecule has 0 aromatic heterocycles. The molecule has 130 valence electrons. The van der Waals surface area contributed by atoms with Gasteiger partial charge in [-0.05, 0) is 39.7 Å². The second kappa shape index (κ2) is 7.99. The van der Waals surface area contributed by atoms with Crippen LogP contribution in [0.5, 0.6) is 5.75 Å². The van der Waals surface area contributed by atoms with Crippen LogP contribution < -0.4 is 10.1 Å². The molecular weight excluding hydrogens is 306 g/mol. The predicted octanol–water partition coefficient (Wildman–Crippen LogP) is 3.32. The highest BCUT2D eigenvalue weighted by atomic mass is 16.5. The fourth-order valence-electron chi connectivity index (χ4n) is 2.97. The number of carboxylic acid groups (broad SMARTS) is 1. The smallest absolute Gasteiger partial charge is 0.307 e. The predicted molar refractivity (Wildman–Crippen MR) is 91.8 cm³/mol. The van der Waals surface area contributed by atoms with E-state index in [-0.39, 0.29) is 18.1 Å². The average Bonchev–Trinajstić information content (AvgIpc) is 2.54. The summed E-state index contributed by atoms with van der Waals surface area (Å²) in [5, 5.41) is 12.3. The maximum absolute atomic E-state index is 12.6. The minimum Gasteiger partial charge on any atom is -0.491 e. The number of rotatable bonds is 6. The molecule has 0 spiro atoms. The highest BCUT2D eigenvalue weighted by Crippen LogP contribution is 2.29. The average molecular weight is 331 g/mol. The summed E-state index contributed by atoms with van der Waals surface area (Å²) in [6.07, 6.45) is 4.60. The summed E-state index contributed by atoms with van der Waals surface area (Å²) < 4.78 is 5.80. The Kier molecular flexibility index (Phi) is 6.01. The van der Waals surface area contributed by atoms with Crippen LogP contribution in [0, 0.1) is 11.8 Å². The molecule has 2 rings (SSSR count). The first-order valence-corrected chi connectivity index (χ1v) is 8.34. The Morgan fingerprint density at radius 2 is 1.75 bits per heavy atom. The van der Waals surface area contributed by atoms with Crippen molar-refractivity contribution in [3.63, 3.8) is 0 Å². The van der Waals surface area contributed by atoms with Crippen molar-refractivity contribution in [3.8, 4) is 5.75 Å². The topological polar surface area (TPSA) is 75.6 Å². The van der Waals surface area contributed by atoms with Crippen LogP contribution in [0.15, 0.2) is 36.4 Å². The fourth-order valence-corrected chi connectivity index (χ4v) is 2.97. The van der Waals surface area contributed by atoms with E-state index >= 15 is 0 Å². The van der Waals surface area contributed by atoms with Crippen molar-refractivity contribution in [2.24, 2.45) is 11.8 Å². The van der Waals surface area contributed by atoms with Crippen LogP contribution in [0.1, 0.15) is 45.2 Å². The standard InChI is InChI=1S/C19H25NO4/c1-12(2)24-17-11-7-6-8-14(17)13(3)20-18(21)15-9-4-5-10-16(15)19(22)23/h4-8,11-13,15-16H,9-10H2,1-3H3,(H,20,21)(H,22,23). The molecule has 0 fully saturated rings. The van der Waals surface area contributed by atoms with E-state index in [2.05, 4.69) is 5.32 Å². The Bertz CT molecular complexity index is 624. The van der Waals surface area contributed by atoms with Crippen molar-refractivity contribution >= 4 is 11.9 Å². The van der Waals surface area contributed by atoms with Gasteiger partial charge in [-0.15, -0.1) is 0 Å². The van der Waals surface area contributed by atoms with Crippen LogP contribution in [0.4, 0.5) is 0 Å². The van der Waals surface area contributed by atoms with Crippen molar-refractivity contribution in [1.82, 2.24) is 5.32 Å². The van der Waals surface area contributed by atoms with Crippen LogP contribution in [0.25, 0.3) is 0 Å². The van der Waals surface area contributed by atoms with Gasteiger partial charge in [0.05, 0.1) is 24.0 Å². The summed E-state index contributed by atoms with van der Waals surface area (Å²) in [5.74, 6) is -1.61. The Balaban J connectivity index is 2.11. The molecule has 1 amide bonds. The highest BCUT2D eigenvalue weighted by Gasteiger charge is 2.34. The molecule has 3 unspecified atom stereocenters. The summed E-state index contributed by atoms with van der Waals surface area (Å²) in [6, 6.07) is 7.32. The number of hydrogen-bond acceptors (Lipinski definition) is 3. The molecule has 1 aliphatic carbocycles. The first-order valence-electron chi connectivity index (χ1n) is 8.34. The van der Waals surface area contributed by atoms with E-state index in [1.165, 1.54) is 0 Å². The Labute approximate surface area is 142 Å². The molecule has 1 aromatic carbocycles. The number of hydrogen-bond donors (Lipinski definition) is 2. The summed E-state index contributed by atoms with van der Waals surface area (Å²) in [5.41, 5.74) is 0.887. The lowest BCUT2D eigenvalue weighted by molar-refractivity contribution is -0.147. The van der Waals surface area contributed by atoms with E-state index in [1.54, 1.807) is 0 Å². The minimum atomic E-state index is -0.921. The number of para-hydroxylation sites is 1. The molecule has 1 aromatic rings. The van der Waals surface area contributed by atoms with Gasteiger partial charge in [-0.25, -0.2) is 0 Å². The van der Waals surface area contributed by atoms with E-state index < -0.39 is 17.8 Å². The largest absolute Gasteiger partial charge is 0.491 e. The van der Waals surface area contributed by atoms with Gasteiger partial charge in [0.1, 0.15) is 5.75 Å². The van der Waals surface area contributed by atoms with Crippen LogP contribution in [-0.2, 0) is 9.59 Å². The number of aliphatic carboxylic acids is 1. The van der Waals surface area contributed by atoms with Crippen LogP contribution in [0.2, 0.25) is 0 Å². The number of nitrogens with one attached hydrogen (secondary N) is 1. The molecule has 0 heterocycles. The molecule has 5 heteroatoms. The first-order chi connectivity index (χ1) is 11.4. The number of carbonyl (C=O) groups excluding carboxylic acids is 1. The van der Waals surface area contributed by atoms with E-state index in [9.17, 15) is 14.7 Å². The second-order valence-corrected chi connectivity index (χ2v) is 6.43. The normalized spacial score (nSPS) is 21.3. The molecule has 24 heavy (non-hydrogen) atoms. The van der Waals surface area contributed by atoms with Gasteiger partial charge in [-0.1, -0.05) is 30.4 Å². The van der Waals surface area contributed by atoms with E-state index in [4.69, 9.17) is 4.74 Å². The van der Waals surface area contributed by atoms with Gasteiger partial charge < -0.3 is 15.2 Å². The summed E-state index contributed by atoms with van der Waals surface area (Å²) in [4.78, 5) is 23.9. The van der Waals surface area contributed by atoms with E-state index in [1.807, 2.05) is 57.2 Å². The van der Waals surface area contributed by atoms with Crippen LogP contribution in [0.3, 0.4) is 0 Å². The zero-order valence-electron chi connectivity index (χ0n) is 14.4. The zero-order valence-corrected chi connectivity index (χ0v) is 14.4. The second-order valence-electron chi connectivity index (χ2n) is 6.43. The molecule has 0 saturated carbocycles. The lowest BCUT2D eigenvalue weighted by Gasteiger charge is -2.27. The van der Waals surface area contributed by atoms with Gasteiger partial charge in [0.15, 0.2) is 0 Å². The van der Waals surface area contributed by atoms with Gasteiger partial charge in [-0.3, -0.25) is 9.59 Å². The molecule has 0 saturated heterocycles. The third-order valence-corrected chi connectivity index (χ3v) is 4.19. The number of carbonyl (C=O) groups is 2. The molecule has 0 aliphatic heterocycles. The number of allylic oxidation sites excluding steroid dienone is 2. The molecule has 0 radical (unpaired) electrons. The van der Waals surface area contributed by atoms with E-state index in [0.717, 1.165) is 11.3 Å². The maximum atomic E-state index is 12.6.